The summed E-state index contributed by atoms with van der Waals surface area (Å²) in [5.41, 5.74) is -0.565. The van der Waals surface area contributed by atoms with E-state index in [0.29, 0.717) is 19.3 Å². The maximum Gasteiger partial charge on any atom is 0.407 e. The van der Waals surface area contributed by atoms with Gasteiger partial charge in [0.1, 0.15) is 5.60 Å². The van der Waals surface area contributed by atoms with Crippen LogP contribution in [-0.4, -0.2) is 31.9 Å². The molecule has 0 aromatic heterocycles. The fourth-order valence-corrected chi connectivity index (χ4v) is 2.98. The fraction of sp³-hybridized carbons (Fsp3) is 0.909. The zero-order chi connectivity index (χ0) is 14.0. The van der Waals surface area contributed by atoms with Gasteiger partial charge in [-0.05, 0) is 46.0 Å². The molecular weight excluding hydrogens is 261 g/mol. The van der Waals surface area contributed by atoms with Crippen LogP contribution in [0.4, 0.5) is 8.68 Å². The molecule has 5 nitrogen and oxygen atoms in total. The predicted molar refractivity (Wildman–Crippen MR) is 65.4 cm³/mol. The van der Waals surface area contributed by atoms with Crippen molar-refractivity contribution >= 4 is 16.3 Å². The lowest BCUT2D eigenvalue weighted by Crippen LogP contribution is -2.38. The molecule has 0 aromatic rings. The molecule has 0 aliphatic heterocycles. The third kappa shape index (κ3) is 6.18. The highest BCUT2D eigenvalue weighted by Gasteiger charge is 2.30. The first-order chi connectivity index (χ1) is 8.05. The van der Waals surface area contributed by atoms with Crippen LogP contribution < -0.4 is 5.32 Å². The summed E-state index contributed by atoms with van der Waals surface area (Å²) < 4.78 is 38.7. The van der Waals surface area contributed by atoms with Crippen LogP contribution in [0.25, 0.3) is 0 Å². The largest absolute Gasteiger partial charge is 0.444 e. The number of alkyl carbamates (subject to hydrolysis) is 1. The molecule has 7 heteroatoms. The number of ether oxygens (including phenoxy) is 1. The first-order valence-electron chi connectivity index (χ1n) is 5.97. The van der Waals surface area contributed by atoms with E-state index < -0.39 is 27.7 Å². The number of hydrogen-bond acceptors (Lipinski definition) is 4. The van der Waals surface area contributed by atoms with Gasteiger partial charge in [0.2, 0.25) is 0 Å². The summed E-state index contributed by atoms with van der Waals surface area (Å²) in [5.74, 6) is -0.681. The number of halogens is 1. The van der Waals surface area contributed by atoms with E-state index in [0.717, 1.165) is 0 Å². The Balaban J connectivity index is 2.37. The third-order valence-electron chi connectivity index (χ3n) is 2.70. The summed E-state index contributed by atoms with van der Waals surface area (Å²) in [6, 6.07) is -0.133. The molecule has 2 atom stereocenters. The summed E-state index contributed by atoms with van der Waals surface area (Å²) in [5, 5.41) is 2.67. The zero-order valence-electron chi connectivity index (χ0n) is 10.9. The molecule has 0 saturated heterocycles. The molecule has 0 unspecified atom stereocenters. The van der Waals surface area contributed by atoms with Crippen molar-refractivity contribution in [1.29, 1.82) is 0 Å². The van der Waals surface area contributed by atoms with Gasteiger partial charge in [-0.25, -0.2) is 4.79 Å². The minimum atomic E-state index is -4.43. The molecule has 0 aromatic carbocycles. The van der Waals surface area contributed by atoms with E-state index >= 15 is 0 Å². The van der Waals surface area contributed by atoms with Crippen molar-refractivity contribution < 1.29 is 21.8 Å². The Morgan fingerprint density at radius 2 is 2.00 bits per heavy atom. The summed E-state index contributed by atoms with van der Waals surface area (Å²) in [6.45, 7) is 5.29. The maximum absolute atomic E-state index is 12.5. The van der Waals surface area contributed by atoms with Crippen molar-refractivity contribution in [2.75, 3.05) is 5.75 Å². The molecular formula is C11H20FNO4S. The molecule has 1 N–H and O–H groups in total. The third-order valence-corrected chi connectivity index (χ3v) is 3.57. The van der Waals surface area contributed by atoms with Crippen molar-refractivity contribution in [3.8, 4) is 0 Å². The second kappa shape index (κ2) is 5.42. The molecule has 1 amide bonds. The zero-order valence-corrected chi connectivity index (χ0v) is 11.7. The van der Waals surface area contributed by atoms with Gasteiger partial charge in [0, 0.05) is 6.04 Å². The number of amides is 1. The smallest absolute Gasteiger partial charge is 0.407 e. The Morgan fingerprint density at radius 3 is 2.50 bits per heavy atom. The van der Waals surface area contributed by atoms with Crippen LogP contribution in [0.15, 0.2) is 0 Å². The van der Waals surface area contributed by atoms with E-state index in [-0.39, 0.29) is 12.0 Å². The molecule has 106 valence electrons. The lowest BCUT2D eigenvalue weighted by molar-refractivity contribution is 0.0505. The van der Waals surface area contributed by atoms with Gasteiger partial charge in [0.15, 0.2) is 0 Å². The fourth-order valence-electron chi connectivity index (χ4n) is 2.11. The molecule has 1 rings (SSSR count). The quantitative estimate of drug-likeness (QED) is 0.803. The average Bonchev–Trinajstić information content (AvgIpc) is 2.44. The van der Waals surface area contributed by atoms with E-state index in [1.165, 1.54) is 0 Å². The summed E-state index contributed by atoms with van der Waals surface area (Å²) in [6.07, 6.45) is 1.21. The summed E-state index contributed by atoms with van der Waals surface area (Å²) >= 11 is 0. The van der Waals surface area contributed by atoms with E-state index in [4.69, 9.17) is 4.74 Å². The number of rotatable bonds is 3. The highest BCUT2D eigenvalue weighted by atomic mass is 32.3. The maximum atomic E-state index is 12.5. The van der Waals surface area contributed by atoms with E-state index in [1.54, 1.807) is 20.8 Å². The van der Waals surface area contributed by atoms with E-state index in [2.05, 4.69) is 5.32 Å². The van der Waals surface area contributed by atoms with Crippen molar-refractivity contribution in [3.05, 3.63) is 0 Å². The average molecular weight is 281 g/mol. The van der Waals surface area contributed by atoms with Crippen LogP contribution in [-0.2, 0) is 15.0 Å². The second-order valence-electron chi connectivity index (χ2n) is 5.73. The molecule has 0 spiro atoms. The van der Waals surface area contributed by atoms with Crippen LogP contribution in [0.3, 0.4) is 0 Å². The summed E-state index contributed by atoms with van der Waals surface area (Å²) in [7, 11) is -4.43. The summed E-state index contributed by atoms with van der Waals surface area (Å²) in [4.78, 5) is 11.5. The molecule has 0 bridgehead atoms. The van der Waals surface area contributed by atoms with E-state index in [9.17, 15) is 17.1 Å². The van der Waals surface area contributed by atoms with Crippen molar-refractivity contribution in [2.45, 2.75) is 51.7 Å². The molecule has 1 saturated carbocycles. The minimum Gasteiger partial charge on any atom is -0.444 e. The second-order valence-corrected chi connectivity index (χ2v) is 7.14. The number of hydrogen-bond donors (Lipinski definition) is 1. The van der Waals surface area contributed by atoms with Gasteiger partial charge in [-0.15, -0.1) is 3.89 Å². The van der Waals surface area contributed by atoms with Crippen molar-refractivity contribution in [1.82, 2.24) is 5.32 Å². The Bertz CT molecular complexity index is 402. The van der Waals surface area contributed by atoms with Gasteiger partial charge in [0.25, 0.3) is 0 Å². The SMILES string of the molecule is CC(C)(C)OC(=O)N[C@@H]1CC[C@H](CS(=O)(=O)F)C1. The van der Waals surface area contributed by atoms with E-state index in [1.807, 2.05) is 0 Å². The van der Waals surface area contributed by atoms with Crippen molar-refractivity contribution in [3.63, 3.8) is 0 Å². The standard InChI is InChI=1S/C11H20FNO4S/c1-11(2,3)17-10(14)13-9-5-4-8(6-9)7-18(12,15)16/h8-9H,4-7H2,1-3H3,(H,13,14)/t8-,9+/m0/s1. The lowest BCUT2D eigenvalue weighted by Gasteiger charge is -2.21. The molecule has 1 aliphatic rings. The highest BCUT2D eigenvalue weighted by molar-refractivity contribution is 7.86. The predicted octanol–water partition coefficient (Wildman–Crippen LogP) is 1.98. The lowest BCUT2D eigenvalue weighted by atomic mass is 10.1. The monoisotopic (exact) mass is 281 g/mol. The van der Waals surface area contributed by atoms with Gasteiger partial charge in [-0.1, -0.05) is 0 Å². The topological polar surface area (TPSA) is 72.5 Å². The van der Waals surface area contributed by atoms with Gasteiger partial charge < -0.3 is 10.1 Å². The Hall–Kier alpha value is -0.850. The van der Waals surface area contributed by atoms with Crippen LogP contribution in [0, 0.1) is 5.92 Å². The molecule has 1 fully saturated rings. The van der Waals surface area contributed by atoms with Crippen LogP contribution in [0.2, 0.25) is 0 Å². The first kappa shape index (κ1) is 15.2. The first-order valence-corrected chi connectivity index (χ1v) is 7.52. The van der Waals surface area contributed by atoms with Gasteiger partial charge in [-0.3, -0.25) is 0 Å². The number of carbonyl (C=O) groups excluding carboxylic acids is 1. The van der Waals surface area contributed by atoms with Crippen LogP contribution >= 0.6 is 0 Å². The van der Waals surface area contributed by atoms with Crippen LogP contribution in [0.5, 0.6) is 0 Å². The molecule has 18 heavy (non-hydrogen) atoms. The highest BCUT2D eigenvalue weighted by Crippen LogP contribution is 2.27. The molecule has 0 heterocycles. The Labute approximate surface area is 107 Å². The van der Waals surface area contributed by atoms with Gasteiger partial charge in [-0.2, -0.15) is 8.42 Å². The normalized spacial score (nSPS) is 24.9. The number of nitrogens with one attached hydrogen (secondary N) is 1. The molecule has 1 aliphatic carbocycles. The van der Waals surface area contributed by atoms with Gasteiger partial charge in [0.05, 0.1) is 5.75 Å². The molecule has 0 radical (unpaired) electrons. The Morgan fingerprint density at radius 1 is 1.39 bits per heavy atom. The minimum absolute atomic E-state index is 0.133. The van der Waals surface area contributed by atoms with Crippen molar-refractivity contribution in [2.24, 2.45) is 5.92 Å². The van der Waals surface area contributed by atoms with Gasteiger partial charge >= 0.3 is 16.3 Å². The number of carbonyl (C=O) groups is 1. The Kier molecular flexibility index (Phi) is 4.58. The van der Waals surface area contributed by atoms with Crippen LogP contribution in [0.1, 0.15) is 40.0 Å².